The maximum Gasteiger partial charge on any atom is 0.261 e. The lowest BCUT2D eigenvalue weighted by atomic mass is 10.1. The minimum atomic E-state index is -0.288. The van der Waals surface area contributed by atoms with Gasteiger partial charge in [0.15, 0.2) is 5.82 Å². The molecule has 1 aliphatic rings. The summed E-state index contributed by atoms with van der Waals surface area (Å²) in [5.74, 6) is 6.34. The monoisotopic (exact) mass is 433 g/mol. The number of carbonyl (C=O) groups is 2. The number of amides is 2. The van der Waals surface area contributed by atoms with E-state index in [9.17, 15) is 9.59 Å². The number of halogens is 2. The van der Waals surface area contributed by atoms with Crippen LogP contribution in [0.25, 0.3) is 11.4 Å². The normalized spacial score (nSPS) is 13.3. The fraction of sp³-hybridized carbons (Fsp3) is 0.111. The van der Waals surface area contributed by atoms with Crippen molar-refractivity contribution < 1.29 is 9.59 Å². The summed E-state index contributed by atoms with van der Waals surface area (Å²) in [4.78, 5) is 26.0. The molecule has 0 spiro atoms. The number of nitrogen functional groups attached to an aromatic ring is 1. The summed E-state index contributed by atoms with van der Waals surface area (Å²) < 4.78 is 1.32. The van der Waals surface area contributed by atoms with Crippen LogP contribution in [0.15, 0.2) is 47.6 Å². The first kappa shape index (κ1) is 18.8. The lowest BCUT2D eigenvalue weighted by Gasteiger charge is -2.13. The van der Waals surface area contributed by atoms with E-state index in [1.807, 2.05) is 0 Å². The average Bonchev–Trinajstić information content (AvgIpc) is 3.15. The van der Waals surface area contributed by atoms with Crippen LogP contribution in [0, 0.1) is 0 Å². The second-order valence-corrected chi connectivity index (χ2v) is 7.86. The van der Waals surface area contributed by atoms with Crippen LogP contribution in [0.4, 0.5) is 0 Å². The lowest BCUT2D eigenvalue weighted by molar-refractivity contribution is 0.0664. The molecule has 4 rings (SSSR count). The molecule has 0 unspecified atom stereocenters. The van der Waals surface area contributed by atoms with Crippen LogP contribution in [0.5, 0.6) is 0 Å². The van der Waals surface area contributed by atoms with Gasteiger partial charge in [-0.15, -0.1) is 10.2 Å². The Kier molecular flexibility index (Phi) is 5.01. The van der Waals surface area contributed by atoms with Crippen molar-refractivity contribution in [2.24, 2.45) is 0 Å². The number of benzene rings is 2. The van der Waals surface area contributed by atoms with Crippen molar-refractivity contribution in [2.75, 3.05) is 18.1 Å². The van der Waals surface area contributed by atoms with Crippen LogP contribution in [0.2, 0.25) is 10.0 Å². The van der Waals surface area contributed by atoms with E-state index < -0.39 is 0 Å². The number of hydrogen-bond donors (Lipinski definition) is 1. The molecule has 0 bridgehead atoms. The first-order valence-electron chi connectivity index (χ1n) is 8.21. The number of aromatic nitrogens is 3. The molecular formula is C18H13Cl2N5O2S. The van der Waals surface area contributed by atoms with Gasteiger partial charge in [0.25, 0.3) is 11.8 Å². The van der Waals surface area contributed by atoms with E-state index in [-0.39, 0.29) is 18.4 Å². The van der Waals surface area contributed by atoms with Crippen molar-refractivity contribution in [3.63, 3.8) is 0 Å². The summed E-state index contributed by atoms with van der Waals surface area (Å²) in [5.41, 5.74) is 1.46. The fourth-order valence-electron chi connectivity index (χ4n) is 2.90. The van der Waals surface area contributed by atoms with E-state index in [2.05, 4.69) is 10.2 Å². The van der Waals surface area contributed by atoms with Crippen molar-refractivity contribution in [3.05, 3.63) is 63.6 Å². The topological polar surface area (TPSA) is 94.1 Å². The largest absolute Gasteiger partial charge is 0.335 e. The molecule has 2 aromatic carbocycles. The van der Waals surface area contributed by atoms with E-state index in [0.29, 0.717) is 43.5 Å². The summed E-state index contributed by atoms with van der Waals surface area (Å²) in [6.07, 6.45) is 0. The van der Waals surface area contributed by atoms with Gasteiger partial charge in [-0.1, -0.05) is 47.1 Å². The molecule has 3 aromatic rings. The maximum atomic E-state index is 12.4. The standard InChI is InChI=1S/C18H13Cl2N5O2S/c19-10-5-6-13(14(20)9-10)15-22-23-18(25(15)21)28-8-7-24-16(26)11-3-1-2-4-12(11)17(24)27/h1-6,9H,7-8,21H2. The van der Waals surface area contributed by atoms with Crippen molar-refractivity contribution in [2.45, 2.75) is 5.16 Å². The average molecular weight is 434 g/mol. The number of hydrogen-bond acceptors (Lipinski definition) is 6. The number of thioether (sulfide) groups is 1. The Labute approximate surface area is 174 Å². The van der Waals surface area contributed by atoms with E-state index in [1.54, 1.807) is 42.5 Å². The number of carbonyl (C=O) groups excluding carboxylic acids is 2. The molecule has 0 saturated heterocycles. The quantitative estimate of drug-likeness (QED) is 0.376. The molecule has 0 fully saturated rings. The highest BCUT2D eigenvalue weighted by atomic mass is 35.5. The van der Waals surface area contributed by atoms with Gasteiger partial charge in [0, 0.05) is 22.9 Å². The van der Waals surface area contributed by atoms with E-state index in [0.717, 1.165) is 0 Å². The van der Waals surface area contributed by atoms with Gasteiger partial charge in [-0.2, -0.15) is 0 Å². The zero-order valence-electron chi connectivity index (χ0n) is 14.3. The molecule has 1 aliphatic heterocycles. The number of imide groups is 1. The Morgan fingerprint density at radius 1 is 0.964 bits per heavy atom. The Morgan fingerprint density at radius 2 is 1.64 bits per heavy atom. The zero-order chi connectivity index (χ0) is 19.8. The first-order chi connectivity index (χ1) is 13.5. The Hall–Kier alpha value is -2.55. The summed E-state index contributed by atoms with van der Waals surface area (Å²) in [6, 6.07) is 11.8. The van der Waals surface area contributed by atoms with Crippen LogP contribution >= 0.6 is 35.0 Å². The van der Waals surface area contributed by atoms with Crippen LogP contribution < -0.4 is 5.84 Å². The molecule has 2 N–H and O–H groups in total. The van der Waals surface area contributed by atoms with E-state index >= 15 is 0 Å². The molecule has 0 saturated carbocycles. The van der Waals surface area contributed by atoms with Gasteiger partial charge >= 0.3 is 0 Å². The fourth-order valence-corrected chi connectivity index (χ4v) is 4.17. The van der Waals surface area contributed by atoms with Crippen molar-refractivity contribution >= 4 is 46.8 Å². The highest BCUT2D eigenvalue weighted by molar-refractivity contribution is 7.99. The third-order valence-corrected chi connectivity index (χ3v) is 5.73. The van der Waals surface area contributed by atoms with Gasteiger partial charge < -0.3 is 5.84 Å². The first-order valence-corrected chi connectivity index (χ1v) is 9.95. The predicted octanol–water partition coefficient (Wildman–Crippen LogP) is 3.35. The van der Waals surface area contributed by atoms with Gasteiger partial charge in [-0.05, 0) is 30.3 Å². The smallest absolute Gasteiger partial charge is 0.261 e. The van der Waals surface area contributed by atoms with Crippen LogP contribution in [0.3, 0.4) is 0 Å². The molecule has 2 heterocycles. The number of nitrogens with zero attached hydrogens (tertiary/aromatic N) is 4. The second kappa shape index (κ2) is 7.46. The molecule has 10 heteroatoms. The summed E-state index contributed by atoms with van der Waals surface area (Å²) in [7, 11) is 0. The zero-order valence-corrected chi connectivity index (χ0v) is 16.6. The van der Waals surface area contributed by atoms with Crippen LogP contribution in [-0.4, -0.2) is 43.9 Å². The lowest BCUT2D eigenvalue weighted by Crippen LogP contribution is -2.32. The number of nitrogens with two attached hydrogens (primary N) is 1. The Balaban J connectivity index is 1.45. The predicted molar refractivity (Wildman–Crippen MR) is 108 cm³/mol. The minimum Gasteiger partial charge on any atom is -0.335 e. The number of rotatable bonds is 5. The van der Waals surface area contributed by atoms with E-state index in [1.165, 1.54) is 21.3 Å². The molecule has 0 aliphatic carbocycles. The van der Waals surface area contributed by atoms with Crippen molar-refractivity contribution in [1.29, 1.82) is 0 Å². The molecule has 0 atom stereocenters. The van der Waals surface area contributed by atoms with Crippen molar-refractivity contribution in [3.8, 4) is 11.4 Å². The minimum absolute atomic E-state index is 0.237. The third kappa shape index (κ3) is 3.23. The molecule has 28 heavy (non-hydrogen) atoms. The SMILES string of the molecule is Nn1c(SCCN2C(=O)c3ccccc3C2=O)nnc1-c1ccc(Cl)cc1Cl. The van der Waals surface area contributed by atoms with Crippen molar-refractivity contribution in [1.82, 2.24) is 19.8 Å². The Morgan fingerprint density at radius 3 is 2.29 bits per heavy atom. The molecule has 0 radical (unpaired) electrons. The summed E-state index contributed by atoms with van der Waals surface area (Å²) in [5, 5.41) is 9.51. The number of fused-ring (bicyclic) bond motifs is 1. The maximum absolute atomic E-state index is 12.4. The highest BCUT2D eigenvalue weighted by Gasteiger charge is 2.34. The molecule has 2 amide bonds. The third-order valence-electron chi connectivity index (χ3n) is 4.26. The molecule has 7 nitrogen and oxygen atoms in total. The van der Waals surface area contributed by atoms with Gasteiger partial charge in [0.1, 0.15) is 0 Å². The van der Waals surface area contributed by atoms with Gasteiger partial charge in [0.05, 0.1) is 16.1 Å². The molecule has 142 valence electrons. The van der Waals surface area contributed by atoms with Crippen LogP contribution in [0.1, 0.15) is 20.7 Å². The Bertz CT molecular complexity index is 1070. The summed E-state index contributed by atoms with van der Waals surface area (Å²) >= 11 is 13.4. The van der Waals surface area contributed by atoms with Crippen LogP contribution in [-0.2, 0) is 0 Å². The second-order valence-electron chi connectivity index (χ2n) is 5.96. The molecular weight excluding hydrogens is 421 g/mol. The van der Waals surface area contributed by atoms with E-state index in [4.69, 9.17) is 29.0 Å². The highest BCUT2D eigenvalue weighted by Crippen LogP contribution is 2.30. The van der Waals surface area contributed by atoms with Gasteiger partial charge in [-0.25, -0.2) is 4.68 Å². The van der Waals surface area contributed by atoms with Gasteiger partial charge in [0.2, 0.25) is 5.16 Å². The summed E-state index contributed by atoms with van der Waals surface area (Å²) in [6.45, 7) is 0.237. The van der Waals surface area contributed by atoms with Gasteiger partial charge in [-0.3, -0.25) is 14.5 Å². The molecule has 1 aromatic heterocycles.